The molecule has 0 spiro atoms. The van der Waals surface area contributed by atoms with Crippen molar-refractivity contribution in [3.63, 3.8) is 0 Å². The lowest BCUT2D eigenvalue weighted by Crippen LogP contribution is -2.46. The van der Waals surface area contributed by atoms with Gasteiger partial charge >= 0.3 is 11.9 Å². The number of benzene rings is 1. The van der Waals surface area contributed by atoms with Gasteiger partial charge in [0, 0.05) is 12.6 Å². The Morgan fingerprint density at radius 1 is 0.962 bits per heavy atom. The molecular formula is C20H30N2O4. The number of hydrogen-bond donors (Lipinski definition) is 2. The van der Waals surface area contributed by atoms with E-state index in [-0.39, 0.29) is 0 Å². The Morgan fingerprint density at radius 3 is 2.08 bits per heavy atom. The molecule has 2 saturated heterocycles. The van der Waals surface area contributed by atoms with Crippen LogP contribution in [0.4, 0.5) is 0 Å². The fourth-order valence-electron chi connectivity index (χ4n) is 3.75. The molecule has 0 amide bonds. The fraction of sp³-hybridized carbons (Fsp3) is 0.600. The smallest absolute Gasteiger partial charge is 0.414 e. The Bertz CT molecular complexity index is 579. The number of rotatable bonds is 3. The second-order valence-electron chi connectivity index (χ2n) is 7.14. The van der Waals surface area contributed by atoms with Crippen LogP contribution in [0.5, 0.6) is 0 Å². The summed E-state index contributed by atoms with van der Waals surface area (Å²) in [5.74, 6) is -3.65. The predicted octanol–water partition coefficient (Wildman–Crippen LogP) is 2.60. The Morgan fingerprint density at radius 2 is 1.54 bits per heavy atom. The van der Waals surface area contributed by atoms with Crippen LogP contribution in [0.15, 0.2) is 24.3 Å². The lowest BCUT2D eigenvalue weighted by Gasteiger charge is -2.40. The molecular weight excluding hydrogens is 332 g/mol. The van der Waals surface area contributed by atoms with Crippen molar-refractivity contribution in [1.82, 2.24) is 9.80 Å². The van der Waals surface area contributed by atoms with Crippen LogP contribution in [0.3, 0.4) is 0 Å². The van der Waals surface area contributed by atoms with Gasteiger partial charge in [-0.15, -0.1) is 0 Å². The highest BCUT2D eigenvalue weighted by Gasteiger charge is 2.25. The minimum absolute atomic E-state index is 0.864. The minimum Gasteiger partial charge on any atom is -0.473 e. The summed E-state index contributed by atoms with van der Waals surface area (Å²) in [4.78, 5) is 23.6. The molecule has 3 rings (SSSR count). The number of likely N-dealkylation sites (tertiary alicyclic amines) is 2. The van der Waals surface area contributed by atoms with Gasteiger partial charge < -0.3 is 15.1 Å². The average molecular weight is 362 g/mol. The fourth-order valence-corrected chi connectivity index (χ4v) is 3.75. The summed E-state index contributed by atoms with van der Waals surface area (Å²) >= 11 is 0. The number of piperidine rings is 2. The molecule has 1 aromatic carbocycles. The maximum Gasteiger partial charge on any atom is 0.414 e. The lowest BCUT2D eigenvalue weighted by molar-refractivity contribution is -0.159. The molecule has 2 fully saturated rings. The van der Waals surface area contributed by atoms with Gasteiger partial charge in [-0.1, -0.05) is 30.7 Å². The lowest BCUT2D eigenvalue weighted by atomic mass is 9.99. The van der Waals surface area contributed by atoms with Crippen molar-refractivity contribution in [2.45, 2.75) is 51.6 Å². The molecule has 2 aliphatic rings. The van der Waals surface area contributed by atoms with E-state index in [1.165, 1.54) is 69.4 Å². The van der Waals surface area contributed by atoms with E-state index in [1.54, 1.807) is 0 Å². The number of aryl methyl sites for hydroxylation is 1. The highest BCUT2D eigenvalue weighted by atomic mass is 16.4. The van der Waals surface area contributed by atoms with Crippen LogP contribution < -0.4 is 0 Å². The van der Waals surface area contributed by atoms with Gasteiger partial charge in [0.05, 0.1) is 0 Å². The molecule has 6 nitrogen and oxygen atoms in total. The summed E-state index contributed by atoms with van der Waals surface area (Å²) in [6.45, 7) is 8.62. The zero-order chi connectivity index (χ0) is 18.9. The topological polar surface area (TPSA) is 81.1 Å². The Kier molecular flexibility index (Phi) is 8.06. The molecule has 2 heterocycles. The first-order valence-electron chi connectivity index (χ1n) is 9.44. The molecule has 0 radical (unpaired) electrons. The van der Waals surface area contributed by atoms with Crippen LogP contribution >= 0.6 is 0 Å². The first-order valence-corrected chi connectivity index (χ1v) is 9.44. The van der Waals surface area contributed by atoms with Gasteiger partial charge in [-0.2, -0.15) is 0 Å². The SMILES string of the molecule is Cc1ccccc1CN1CCC(N2CCCCC2)CC1.O=C(O)C(=O)O. The molecule has 2 aliphatic heterocycles. The van der Waals surface area contributed by atoms with Crippen LogP contribution in [0.25, 0.3) is 0 Å². The molecule has 0 unspecified atom stereocenters. The van der Waals surface area contributed by atoms with E-state index in [9.17, 15) is 0 Å². The normalized spacial score (nSPS) is 19.4. The maximum atomic E-state index is 9.10. The molecule has 0 bridgehead atoms. The Balaban J connectivity index is 0.000000352. The van der Waals surface area contributed by atoms with Gasteiger partial charge in [0.25, 0.3) is 0 Å². The average Bonchev–Trinajstić information content (AvgIpc) is 2.65. The minimum atomic E-state index is -1.82. The Labute approximate surface area is 155 Å². The summed E-state index contributed by atoms with van der Waals surface area (Å²) in [5, 5.41) is 14.8. The zero-order valence-corrected chi connectivity index (χ0v) is 15.6. The van der Waals surface area contributed by atoms with Crippen molar-refractivity contribution in [3.8, 4) is 0 Å². The second-order valence-corrected chi connectivity index (χ2v) is 7.14. The van der Waals surface area contributed by atoms with E-state index in [2.05, 4.69) is 41.0 Å². The summed E-state index contributed by atoms with van der Waals surface area (Å²) in [5.41, 5.74) is 2.94. The molecule has 1 aromatic rings. The van der Waals surface area contributed by atoms with E-state index >= 15 is 0 Å². The quantitative estimate of drug-likeness (QED) is 0.805. The molecule has 0 saturated carbocycles. The first-order chi connectivity index (χ1) is 12.5. The summed E-state index contributed by atoms with van der Waals surface area (Å²) in [6.07, 6.45) is 7.02. The third-order valence-corrected chi connectivity index (χ3v) is 5.30. The van der Waals surface area contributed by atoms with E-state index < -0.39 is 11.9 Å². The summed E-state index contributed by atoms with van der Waals surface area (Å²) < 4.78 is 0. The van der Waals surface area contributed by atoms with E-state index in [1.807, 2.05) is 0 Å². The molecule has 6 heteroatoms. The van der Waals surface area contributed by atoms with Gasteiger partial charge in [0.2, 0.25) is 0 Å². The van der Waals surface area contributed by atoms with Crippen molar-refractivity contribution in [1.29, 1.82) is 0 Å². The molecule has 0 aromatic heterocycles. The van der Waals surface area contributed by atoms with Crippen molar-refractivity contribution < 1.29 is 19.8 Å². The van der Waals surface area contributed by atoms with E-state index in [0.717, 1.165) is 12.6 Å². The standard InChI is InChI=1S/C18H28N2.C2H2O4/c1-16-7-3-4-8-17(16)15-19-13-9-18(10-14-19)20-11-5-2-6-12-20;3-1(4)2(5)6/h3-4,7-8,18H,2,5-6,9-15H2,1H3;(H,3,4)(H,5,6). The number of hydrogen-bond acceptors (Lipinski definition) is 4. The molecule has 0 aliphatic carbocycles. The molecule has 2 N–H and O–H groups in total. The largest absolute Gasteiger partial charge is 0.473 e. The van der Waals surface area contributed by atoms with Crippen molar-refractivity contribution in [2.75, 3.05) is 26.2 Å². The molecule has 26 heavy (non-hydrogen) atoms. The number of nitrogens with zero attached hydrogens (tertiary/aromatic N) is 2. The predicted molar refractivity (Wildman–Crippen MR) is 100 cm³/mol. The summed E-state index contributed by atoms with van der Waals surface area (Å²) in [7, 11) is 0. The van der Waals surface area contributed by atoms with Crippen LogP contribution in [0.1, 0.15) is 43.2 Å². The highest BCUT2D eigenvalue weighted by molar-refractivity contribution is 6.27. The van der Waals surface area contributed by atoms with Gasteiger partial charge in [-0.05, 0) is 69.9 Å². The summed E-state index contributed by atoms with van der Waals surface area (Å²) in [6, 6.07) is 9.69. The third kappa shape index (κ3) is 6.42. The van der Waals surface area contributed by atoms with Gasteiger partial charge in [-0.25, -0.2) is 9.59 Å². The molecule has 144 valence electrons. The van der Waals surface area contributed by atoms with E-state index in [4.69, 9.17) is 19.8 Å². The van der Waals surface area contributed by atoms with Crippen molar-refractivity contribution in [2.24, 2.45) is 0 Å². The zero-order valence-electron chi connectivity index (χ0n) is 15.6. The van der Waals surface area contributed by atoms with Crippen LogP contribution in [0.2, 0.25) is 0 Å². The van der Waals surface area contributed by atoms with Crippen LogP contribution in [-0.4, -0.2) is 64.2 Å². The van der Waals surface area contributed by atoms with Crippen LogP contribution in [-0.2, 0) is 16.1 Å². The molecule has 0 atom stereocenters. The Hall–Kier alpha value is -1.92. The third-order valence-electron chi connectivity index (χ3n) is 5.30. The van der Waals surface area contributed by atoms with Crippen molar-refractivity contribution >= 4 is 11.9 Å². The number of aliphatic carboxylic acids is 2. The maximum absolute atomic E-state index is 9.10. The van der Waals surface area contributed by atoms with Gasteiger partial charge in [-0.3, -0.25) is 4.90 Å². The highest BCUT2D eigenvalue weighted by Crippen LogP contribution is 2.22. The number of carboxylic acid groups (broad SMARTS) is 2. The first kappa shape index (κ1) is 20.4. The second kappa shape index (κ2) is 10.3. The number of carbonyl (C=O) groups is 2. The number of carboxylic acids is 2. The monoisotopic (exact) mass is 362 g/mol. The van der Waals surface area contributed by atoms with Crippen LogP contribution in [0, 0.1) is 6.92 Å². The van der Waals surface area contributed by atoms with Crippen molar-refractivity contribution in [3.05, 3.63) is 35.4 Å². The van der Waals surface area contributed by atoms with Gasteiger partial charge in [0.15, 0.2) is 0 Å². The van der Waals surface area contributed by atoms with E-state index in [0.29, 0.717) is 0 Å². The van der Waals surface area contributed by atoms with Gasteiger partial charge in [0.1, 0.15) is 0 Å².